The van der Waals surface area contributed by atoms with Gasteiger partial charge in [0.15, 0.2) is 0 Å². The van der Waals surface area contributed by atoms with Crippen molar-refractivity contribution in [1.29, 1.82) is 0 Å². The van der Waals surface area contributed by atoms with Gasteiger partial charge in [0.2, 0.25) is 0 Å². The molecule has 1 aromatic carbocycles. The second-order valence-electron chi connectivity index (χ2n) is 3.77. The van der Waals surface area contributed by atoms with Gasteiger partial charge in [-0.25, -0.2) is 0 Å². The fourth-order valence-corrected chi connectivity index (χ4v) is 2.08. The molecule has 0 aliphatic heterocycles. The summed E-state index contributed by atoms with van der Waals surface area (Å²) in [6.45, 7) is 2.55. The van der Waals surface area contributed by atoms with Crippen molar-refractivity contribution < 1.29 is 14.6 Å². The highest BCUT2D eigenvalue weighted by molar-refractivity contribution is 5.72. The van der Waals surface area contributed by atoms with Crippen molar-refractivity contribution >= 4 is 5.97 Å². The smallest absolute Gasteiger partial charge is 0.307 e. The topological polar surface area (TPSA) is 46.5 Å². The number of benzene rings is 1. The van der Waals surface area contributed by atoms with Crippen LogP contribution in [0.2, 0.25) is 0 Å². The first-order chi connectivity index (χ1) is 7.22. The number of aliphatic carboxylic acids is 1. The van der Waals surface area contributed by atoms with Gasteiger partial charge in [-0.3, -0.25) is 4.79 Å². The molecule has 80 valence electrons. The van der Waals surface area contributed by atoms with Crippen LogP contribution in [0, 0.1) is 5.92 Å². The fourth-order valence-electron chi connectivity index (χ4n) is 2.08. The maximum Gasteiger partial charge on any atom is 0.307 e. The van der Waals surface area contributed by atoms with Crippen LogP contribution in [0.15, 0.2) is 18.2 Å². The predicted octanol–water partition coefficient (Wildman–Crippen LogP) is 1.88. The van der Waals surface area contributed by atoms with Gasteiger partial charge < -0.3 is 9.84 Å². The van der Waals surface area contributed by atoms with Gasteiger partial charge >= 0.3 is 5.97 Å². The first-order valence-corrected chi connectivity index (χ1v) is 5.18. The maximum absolute atomic E-state index is 10.9. The van der Waals surface area contributed by atoms with E-state index >= 15 is 0 Å². The van der Waals surface area contributed by atoms with Crippen LogP contribution >= 0.6 is 0 Å². The van der Waals surface area contributed by atoms with Crippen molar-refractivity contribution in [1.82, 2.24) is 0 Å². The molecule has 3 heteroatoms. The van der Waals surface area contributed by atoms with E-state index in [-0.39, 0.29) is 5.92 Å². The number of carboxylic acids is 1. The first-order valence-electron chi connectivity index (χ1n) is 5.18. The Bertz CT molecular complexity index is 384. The van der Waals surface area contributed by atoms with E-state index in [9.17, 15) is 4.79 Å². The highest BCUT2D eigenvalue weighted by Gasteiger charge is 2.29. The van der Waals surface area contributed by atoms with Gasteiger partial charge in [0.05, 0.1) is 12.5 Å². The standard InChI is InChI=1S/C12H14O3/c1-2-15-11-5-3-4-8-6-9(12(13)14)7-10(8)11/h3-5,9H,2,6-7H2,1H3,(H,13,14). The molecule has 1 aliphatic rings. The van der Waals surface area contributed by atoms with Gasteiger partial charge in [-0.15, -0.1) is 0 Å². The van der Waals surface area contributed by atoms with Crippen LogP contribution in [-0.4, -0.2) is 17.7 Å². The quantitative estimate of drug-likeness (QED) is 0.821. The lowest BCUT2D eigenvalue weighted by Gasteiger charge is -2.08. The lowest BCUT2D eigenvalue weighted by molar-refractivity contribution is -0.141. The largest absolute Gasteiger partial charge is 0.494 e. The summed E-state index contributed by atoms with van der Waals surface area (Å²) in [5.74, 6) is -0.144. The van der Waals surface area contributed by atoms with E-state index in [4.69, 9.17) is 9.84 Å². The zero-order valence-corrected chi connectivity index (χ0v) is 8.69. The molecule has 15 heavy (non-hydrogen) atoms. The maximum atomic E-state index is 10.9. The van der Waals surface area contributed by atoms with Crippen LogP contribution in [0.1, 0.15) is 18.1 Å². The Morgan fingerprint density at radius 2 is 2.33 bits per heavy atom. The third kappa shape index (κ3) is 1.82. The van der Waals surface area contributed by atoms with Gasteiger partial charge in [-0.2, -0.15) is 0 Å². The van der Waals surface area contributed by atoms with Crippen LogP contribution < -0.4 is 4.74 Å². The minimum atomic E-state index is -0.714. The van der Waals surface area contributed by atoms with Crippen LogP contribution in [0.25, 0.3) is 0 Å². The average molecular weight is 206 g/mol. The molecule has 3 nitrogen and oxygen atoms in total. The second-order valence-corrected chi connectivity index (χ2v) is 3.77. The summed E-state index contributed by atoms with van der Waals surface area (Å²) in [4.78, 5) is 10.9. The highest BCUT2D eigenvalue weighted by atomic mass is 16.5. The van der Waals surface area contributed by atoms with Gasteiger partial charge in [0.1, 0.15) is 5.75 Å². The van der Waals surface area contributed by atoms with Gasteiger partial charge in [0.25, 0.3) is 0 Å². The zero-order valence-electron chi connectivity index (χ0n) is 8.69. The zero-order chi connectivity index (χ0) is 10.8. The Kier molecular flexibility index (Phi) is 2.62. The summed E-state index contributed by atoms with van der Waals surface area (Å²) in [6.07, 6.45) is 1.23. The van der Waals surface area contributed by atoms with E-state index in [0.29, 0.717) is 19.4 Å². The Morgan fingerprint density at radius 3 is 3.00 bits per heavy atom. The van der Waals surface area contributed by atoms with E-state index < -0.39 is 5.97 Å². The van der Waals surface area contributed by atoms with E-state index in [1.807, 2.05) is 25.1 Å². The van der Waals surface area contributed by atoms with Gasteiger partial charge in [0, 0.05) is 0 Å². The van der Waals surface area contributed by atoms with E-state index in [1.54, 1.807) is 0 Å². The van der Waals surface area contributed by atoms with Gasteiger partial charge in [-0.1, -0.05) is 12.1 Å². The monoisotopic (exact) mass is 206 g/mol. The van der Waals surface area contributed by atoms with E-state index in [2.05, 4.69) is 0 Å². The average Bonchev–Trinajstić information content (AvgIpc) is 2.63. The van der Waals surface area contributed by atoms with E-state index in [1.165, 1.54) is 0 Å². The van der Waals surface area contributed by atoms with Crippen molar-refractivity contribution in [2.45, 2.75) is 19.8 Å². The molecule has 0 aromatic heterocycles. The second kappa shape index (κ2) is 3.93. The molecule has 0 heterocycles. The molecule has 1 atom stereocenters. The molecule has 0 radical (unpaired) electrons. The van der Waals surface area contributed by atoms with E-state index in [0.717, 1.165) is 16.9 Å². The molecule has 0 saturated carbocycles. The molecule has 0 spiro atoms. The molecule has 1 unspecified atom stereocenters. The number of carbonyl (C=O) groups is 1. The lowest BCUT2D eigenvalue weighted by Crippen LogP contribution is -2.13. The molecule has 0 amide bonds. The minimum Gasteiger partial charge on any atom is -0.494 e. The number of rotatable bonds is 3. The third-order valence-corrected chi connectivity index (χ3v) is 2.80. The van der Waals surface area contributed by atoms with Crippen molar-refractivity contribution in [2.24, 2.45) is 5.92 Å². The summed E-state index contributed by atoms with van der Waals surface area (Å²) in [5.41, 5.74) is 2.19. The molecule has 1 aliphatic carbocycles. The van der Waals surface area contributed by atoms with Crippen LogP contribution in [0.5, 0.6) is 5.75 Å². The fraction of sp³-hybridized carbons (Fsp3) is 0.417. The Labute approximate surface area is 88.7 Å². The highest BCUT2D eigenvalue weighted by Crippen LogP contribution is 2.33. The minimum absolute atomic E-state index is 0.276. The summed E-state index contributed by atoms with van der Waals surface area (Å²) in [5, 5.41) is 8.97. The molecule has 0 bridgehead atoms. The van der Waals surface area contributed by atoms with Crippen molar-refractivity contribution in [3.8, 4) is 5.75 Å². The van der Waals surface area contributed by atoms with Crippen LogP contribution in [-0.2, 0) is 17.6 Å². The number of carboxylic acid groups (broad SMARTS) is 1. The Balaban J connectivity index is 2.28. The van der Waals surface area contributed by atoms with Gasteiger partial charge in [-0.05, 0) is 37.0 Å². The normalized spacial score (nSPS) is 18.6. The summed E-state index contributed by atoms with van der Waals surface area (Å²) >= 11 is 0. The number of hydrogen-bond donors (Lipinski definition) is 1. The molecule has 2 rings (SSSR count). The number of ether oxygens (including phenoxy) is 1. The first kappa shape index (κ1) is 10.0. The number of fused-ring (bicyclic) bond motifs is 1. The lowest BCUT2D eigenvalue weighted by atomic mass is 10.1. The number of hydrogen-bond acceptors (Lipinski definition) is 2. The summed E-state index contributed by atoms with van der Waals surface area (Å²) in [6, 6.07) is 5.82. The van der Waals surface area contributed by atoms with Crippen LogP contribution in [0.3, 0.4) is 0 Å². The van der Waals surface area contributed by atoms with Crippen molar-refractivity contribution in [3.63, 3.8) is 0 Å². The molecular formula is C12H14O3. The molecule has 1 aromatic rings. The molecular weight excluding hydrogens is 192 g/mol. The van der Waals surface area contributed by atoms with Crippen molar-refractivity contribution in [3.05, 3.63) is 29.3 Å². The summed E-state index contributed by atoms with van der Waals surface area (Å²) in [7, 11) is 0. The van der Waals surface area contributed by atoms with Crippen molar-refractivity contribution in [2.75, 3.05) is 6.61 Å². The SMILES string of the molecule is CCOc1cccc2c1CC(C(=O)O)C2. The summed E-state index contributed by atoms with van der Waals surface area (Å²) < 4.78 is 5.48. The third-order valence-electron chi connectivity index (χ3n) is 2.80. The molecule has 0 fully saturated rings. The Hall–Kier alpha value is -1.51. The molecule has 0 saturated heterocycles. The molecule has 1 N–H and O–H groups in total. The predicted molar refractivity (Wildman–Crippen MR) is 56.1 cm³/mol. The van der Waals surface area contributed by atoms with Crippen LogP contribution in [0.4, 0.5) is 0 Å². The Morgan fingerprint density at radius 1 is 1.53 bits per heavy atom.